The Bertz CT molecular complexity index is 525. The van der Waals surface area contributed by atoms with Crippen LogP contribution in [0.4, 0.5) is 0 Å². The lowest BCUT2D eigenvalue weighted by Gasteiger charge is -2.32. The molecule has 1 aromatic rings. The molecule has 1 heterocycles. The SMILES string of the molecule is COc1ccc(CC(=O)NC2CCN(C(=O)CCCl)CC2)cc1. The molecule has 0 atom stereocenters. The fourth-order valence-electron chi connectivity index (χ4n) is 2.72. The summed E-state index contributed by atoms with van der Waals surface area (Å²) in [5, 5.41) is 3.05. The van der Waals surface area contributed by atoms with E-state index in [-0.39, 0.29) is 17.9 Å². The fraction of sp³-hybridized carbons (Fsp3) is 0.529. The number of piperidine rings is 1. The number of alkyl halides is 1. The summed E-state index contributed by atoms with van der Waals surface area (Å²) >= 11 is 5.60. The summed E-state index contributed by atoms with van der Waals surface area (Å²) in [6, 6.07) is 7.63. The van der Waals surface area contributed by atoms with Crippen LogP contribution in [0.2, 0.25) is 0 Å². The van der Waals surface area contributed by atoms with Crippen molar-refractivity contribution >= 4 is 23.4 Å². The number of nitrogens with one attached hydrogen (secondary N) is 1. The van der Waals surface area contributed by atoms with Gasteiger partial charge in [-0.05, 0) is 30.5 Å². The lowest BCUT2D eigenvalue weighted by Crippen LogP contribution is -2.46. The third kappa shape index (κ3) is 5.43. The third-order valence-corrected chi connectivity index (χ3v) is 4.23. The zero-order valence-corrected chi connectivity index (χ0v) is 14.1. The van der Waals surface area contributed by atoms with Gasteiger partial charge in [-0.1, -0.05) is 12.1 Å². The molecule has 23 heavy (non-hydrogen) atoms. The second-order valence-electron chi connectivity index (χ2n) is 5.69. The van der Waals surface area contributed by atoms with Gasteiger partial charge in [0.2, 0.25) is 11.8 Å². The molecule has 1 fully saturated rings. The molecule has 0 aromatic heterocycles. The van der Waals surface area contributed by atoms with Crippen molar-refractivity contribution in [2.24, 2.45) is 0 Å². The van der Waals surface area contributed by atoms with Crippen molar-refractivity contribution in [1.82, 2.24) is 10.2 Å². The number of rotatable bonds is 6. The van der Waals surface area contributed by atoms with E-state index >= 15 is 0 Å². The van der Waals surface area contributed by atoms with E-state index in [2.05, 4.69) is 5.32 Å². The molecule has 0 unspecified atom stereocenters. The topological polar surface area (TPSA) is 58.6 Å². The average Bonchev–Trinajstić information content (AvgIpc) is 2.56. The van der Waals surface area contributed by atoms with Gasteiger partial charge in [0.05, 0.1) is 13.5 Å². The van der Waals surface area contributed by atoms with Gasteiger partial charge >= 0.3 is 0 Å². The van der Waals surface area contributed by atoms with Crippen molar-refractivity contribution in [3.63, 3.8) is 0 Å². The van der Waals surface area contributed by atoms with Crippen molar-refractivity contribution in [2.75, 3.05) is 26.1 Å². The summed E-state index contributed by atoms with van der Waals surface area (Å²) in [6.07, 6.45) is 2.33. The largest absolute Gasteiger partial charge is 0.497 e. The van der Waals surface area contributed by atoms with Gasteiger partial charge in [0.1, 0.15) is 5.75 Å². The van der Waals surface area contributed by atoms with Crippen LogP contribution in [0.25, 0.3) is 0 Å². The molecule has 0 radical (unpaired) electrons. The van der Waals surface area contributed by atoms with Crippen LogP contribution in [-0.2, 0) is 16.0 Å². The number of methoxy groups -OCH3 is 1. The molecule has 1 N–H and O–H groups in total. The number of halogens is 1. The van der Waals surface area contributed by atoms with Crippen molar-refractivity contribution in [1.29, 1.82) is 0 Å². The monoisotopic (exact) mass is 338 g/mol. The molecule has 6 heteroatoms. The van der Waals surface area contributed by atoms with Crippen LogP contribution in [0, 0.1) is 0 Å². The number of benzene rings is 1. The Morgan fingerprint density at radius 2 is 1.91 bits per heavy atom. The van der Waals surface area contributed by atoms with E-state index in [1.165, 1.54) is 0 Å². The van der Waals surface area contributed by atoms with E-state index in [4.69, 9.17) is 16.3 Å². The van der Waals surface area contributed by atoms with Crippen molar-refractivity contribution in [2.45, 2.75) is 31.7 Å². The highest BCUT2D eigenvalue weighted by molar-refractivity contribution is 6.18. The minimum atomic E-state index is 0.0145. The van der Waals surface area contributed by atoms with Crippen LogP contribution in [0.5, 0.6) is 5.75 Å². The molecule has 0 bridgehead atoms. The van der Waals surface area contributed by atoms with Gasteiger partial charge in [-0.25, -0.2) is 0 Å². The number of carbonyl (C=O) groups excluding carboxylic acids is 2. The molecule has 126 valence electrons. The maximum absolute atomic E-state index is 12.1. The van der Waals surface area contributed by atoms with Crippen LogP contribution in [0.3, 0.4) is 0 Å². The molecule has 0 spiro atoms. The molecule has 2 rings (SSSR count). The normalized spacial score (nSPS) is 15.3. The zero-order valence-electron chi connectivity index (χ0n) is 13.4. The molecular weight excluding hydrogens is 316 g/mol. The van der Waals surface area contributed by atoms with Crippen LogP contribution in [0.1, 0.15) is 24.8 Å². The van der Waals surface area contributed by atoms with E-state index in [1.54, 1.807) is 7.11 Å². The van der Waals surface area contributed by atoms with E-state index < -0.39 is 0 Å². The van der Waals surface area contributed by atoms with Gasteiger partial charge in [-0.2, -0.15) is 0 Å². The first-order valence-electron chi connectivity index (χ1n) is 7.88. The Morgan fingerprint density at radius 1 is 1.26 bits per heavy atom. The van der Waals surface area contributed by atoms with Crippen LogP contribution >= 0.6 is 11.6 Å². The molecule has 2 amide bonds. The van der Waals surface area contributed by atoms with Crippen LogP contribution in [0.15, 0.2) is 24.3 Å². The Labute approximate surface area is 141 Å². The maximum atomic E-state index is 12.1. The Hall–Kier alpha value is -1.75. The van der Waals surface area contributed by atoms with E-state index in [1.807, 2.05) is 29.2 Å². The van der Waals surface area contributed by atoms with Gasteiger partial charge in [0.15, 0.2) is 0 Å². The van der Waals surface area contributed by atoms with Gasteiger partial charge in [-0.3, -0.25) is 9.59 Å². The summed E-state index contributed by atoms with van der Waals surface area (Å²) in [5.41, 5.74) is 0.957. The minimum absolute atomic E-state index is 0.0145. The highest BCUT2D eigenvalue weighted by atomic mass is 35.5. The molecule has 5 nitrogen and oxygen atoms in total. The van der Waals surface area contributed by atoms with Crippen molar-refractivity contribution in [3.8, 4) is 5.75 Å². The second-order valence-corrected chi connectivity index (χ2v) is 6.06. The standard InChI is InChI=1S/C17H23ClN2O3/c1-23-15-4-2-13(3-5-15)12-16(21)19-14-7-10-20(11-8-14)17(22)6-9-18/h2-5,14H,6-12H2,1H3,(H,19,21). The first-order chi connectivity index (χ1) is 11.1. The number of amides is 2. The summed E-state index contributed by atoms with van der Waals surface area (Å²) in [4.78, 5) is 25.7. The van der Waals surface area contributed by atoms with Gasteiger partial charge < -0.3 is 15.0 Å². The maximum Gasteiger partial charge on any atom is 0.224 e. The van der Waals surface area contributed by atoms with Crippen molar-refractivity contribution in [3.05, 3.63) is 29.8 Å². The third-order valence-electron chi connectivity index (χ3n) is 4.04. The number of carbonyl (C=O) groups is 2. The van der Waals surface area contributed by atoms with E-state index in [0.717, 1.165) is 24.2 Å². The quantitative estimate of drug-likeness (QED) is 0.807. The first-order valence-corrected chi connectivity index (χ1v) is 8.42. The number of likely N-dealkylation sites (tertiary alicyclic amines) is 1. The average molecular weight is 339 g/mol. The number of ether oxygens (including phenoxy) is 1. The lowest BCUT2D eigenvalue weighted by molar-refractivity contribution is -0.132. The smallest absolute Gasteiger partial charge is 0.224 e. The zero-order chi connectivity index (χ0) is 16.7. The Morgan fingerprint density at radius 3 is 2.48 bits per heavy atom. The van der Waals surface area contributed by atoms with E-state index in [9.17, 15) is 9.59 Å². The Balaban J connectivity index is 1.75. The molecule has 1 saturated heterocycles. The van der Waals surface area contributed by atoms with Gasteiger partial charge in [0.25, 0.3) is 0 Å². The van der Waals surface area contributed by atoms with Gasteiger partial charge in [0, 0.05) is 31.4 Å². The first kappa shape index (κ1) is 17.6. The highest BCUT2D eigenvalue weighted by Crippen LogP contribution is 2.14. The summed E-state index contributed by atoms with van der Waals surface area (Å²) in [6.45, 7) is 1.37. The fourth-order valence-corrected chi connectivity index (χ4v) is 2.88. The molecule has 0 aliphatic carbocycles. The molecule has 1 aromatic carbocycles. The summed E-state index contributed by atoms with van der Waals surface area (Å²) in [5.74, 6) is 1.25. The summed E-state index contributed by atoms with van der Waals surface area (Å²) in [7, 11) is 1.62. The number of hydrogen-bond acceptors (Lipinski definition) is 3. The number of nitrogens with zero attached hydrogens (tertiary/aromatic N) is 1. The highest BCUT2D eigenvalue weighted by Gasteiger charge is 2.23. The molecular formula is C17H23ClN2O3. The Kier molecular flexibility index (Phi) is 6.71. The predicted molar refractivity (Wildman–Crippen MR) is 89.8 cm³/mol. The molecule has 1 aliphatic rings. The summed E-state index contributed by atoms with van der Waals surface area (Å²) < 4.78 is 5.10. The van der Waals surface area contributed by atoms with Crippen LogP contribution < -0.4 is 10.1 Å². The number of hydrogen-bond donors (Lipinski definition) is 1. The van der Waals surface area contributed by atoms with Crippen molar-refractivity contribution < 1.29 is 14.3 Å². The van der Waals surface area contributed by atoms with E-state index in [0.29, 0.717) is 31.8 Å². The van der Waals surface area contributed by atoms with Gasteiger partial charge in [-0.15, -0.1) is 11.6 Å². The van der Waals surface area contributed by atoms with Crippen LogP contribution in [-0.4, -0.2) is 48.8 Å². The molecule has 0 saturated carbocycles. The predicted octanol–water partition coefficient (Wildman–Crippen LogP) is 1.97. The molecule has 1 aliphatic heterocycles. The lowest BCUT2D eigenvalue weighted by atomic mass is 10.0. The second kappa shape index (κ2) is 8.77. The minimum Gasteiger partial charge on any atom is -0.497 e.